The second kappa shape index (κ2) is 4.70. The lowest BCUT2D eigenvalue weighted by Crippen LogP contribution is -2.52. The van der Waals surface area contributed by atoms with E-state index in [1.54, 1.807) is 17.0 Å². The van der Waals surface area contributed by atoms with Gasteiger partial charge in [0, 0.05) is 31.5 Å². The predicted molar refractivity (Wildman–Crippen MR) is 67.8 cm³/mol. The van der Waals surface area contributed by atoms with E-state index in [-0.39, 0.29) is 11.6 Å². The van der Waals surface area contributed by atoms with Gasteiger partial charge in [-0.05, 0) is 12.8 Å². The fourth-order valence-corrected chi connectivity index (χ4v) is 2.38. The Bertz CT molecular complexity index is 483. The summed E-state index contributed by atoms with van der Waals surface area (Å²) in [4.78, 5) is 18.6. The van der Waals surface area contributed by atoms with Gasteiger partial charge in [0.05, 0.1) is 19.3 Å². The SMILES string of the molecule is NCC1COCCN1c1nccn(C2CC2)c1=O. The fraction of sp³-hybridized carbons (Fsp3) is 0.667. The third-order valence-electron chi connectivity index (χ3n) is 3.56. The second-order valence-electron chi connectivity index (χ2n) is 4.85. The van der Waals surface area contributed by atoms with Crippen LogP contribution in [0.3, 0.4) is 0 Å². The molecular formula is C12H18N4O2. The number of aromatic nitrogens is 2. The van der Waals surface area contributed by atoms with Crippen LogP contribution in [-0.2, 0) is 4.74 Å². The van der Waals surface area contributed by atoms with Gasteiger partial charge in [-0.3, -0.25) is 4.79 Å². The van der Waals surface area contributed by atoms with Crippen molar-refractivity contribution in [1.29, 1.82) is 0 Å². The van der Waals surface area contributed by atoms with Crippen LogP contribution in [0.4, 0.5) is 5.82 Å². The van der Waals surface area contributed by atoms with Gasteiger partial charge in [-0.25, -0.2) is 4.98 Å². The zero-order valence-electron chi connectivity index (χ0n) is 10.3. The molecule has 2 aliphatic rings. The first-order valence-electron chi connectivity index (χ1n) is 6.43. The Balaban J connectivity index is 1.95. The molecule has 1 saturated heterocycles. The molecule has 1 atom stereocenters. The average molecular weight is 250 g/mol. The van der Waals surface area contributed by atoms with Crippen molar-refractivity contribution in [2.75, 3.05) is 31.2 Å². The molecule has 1 aliphatic heterocycles. The van der Waals surface area contributed by atoms with Gasteiger partial charge in [0.2, 0.25) is 0 Å². The molecule has 2 heterocycles. The van der Waals surface area contributed by atoms with Gasteiger partial charge in [-0.2, -0.15) is 0 Å². The van der Waals surface area contributed by atoms with E-state index in [0.717, 1.165) is 12.8 Å². The second-order valence-corrected chi connectivity index (χ2v) is 4.85. The van der Waals surface area contributed by atoms with Crippen molar-refractivity contribution in [2.45, 2.75) is 24.9 Å². The molecule has 1 aliphatic carbocycles. The van der Waals surface area contributed by atoms with E-state index in [4.69, 9.17) is 10.5 Å². The molecule has 18 heavy (non-hydrogen) atoms. The van der Waals surface area contributed by atoms with Crippen LogP contribution in [0.2, 0.25) is 0 Å². The zero-order valence-corrected chi connectivity index (χ0v) is 10.3. The molecule has 0 aromatic carbocycles. The molecule has 3 rings (SSSR count). The Morgan fingerprint density at radius 3 is 3.06 bits per heavy atom. The van der Waals surface area contributed by atoms with Gasteiger partial charge < -0.3 is 19.9 Å². The number of anilines is 1. The lowest BCUT2D eigenvalue weighted by molar-refractivity contribution is 0.0956. The number of ether oxygens (including phenoxy) is 1. The number of rotatable bonds is 3. The van der Waals surface area contributed by atoms with Crippen molar-refractivity contribution in [3.8, 4) is 0 Å². The number of hydrogen-bond acceptors (Lipinski definition) is 5. The molecule has 0 spiro atoms. The highest BCUT2D eigenvalue weighted by molar-refractivity contribution is 5.38. The van der Waals surface area contributed by atoms with Crippen LogP contribution in [-0.4, -0.2) is 41.9 Å². The molecule has 1 aromatic heterocycles. The molecular weight excluding hydrogens is 232 g/mol. The van der Waals surface area contributed by atoms with Crippen molar-refractivity contribution in [2.24, 2.45) is 5.73 Å². The van der Waals surface area contributed by atoms with Crippen molar-refractivity contribution < 1.29 is 4.74 Å². The molecule has 0 amide bonds. The smallest absolute Gasteiger partial charge is 0.293 e. The lowest BCUT2D eigenvalue weighted by atomic mass is 10.2. The Kier molecular flexibility index (Phi) is 3.05. The standard InChI is InChI=1S/C12H18N4O2/c13-7-10-8-18-6-5-15(10)11-12(17)16(4-3-14-11)9-1-2-9/h3-4,9-10H,1-2,5-8,13H2. The summed E-state index contributed by atoms with van der Waals surface area (Å²) < 4.78 is 7.19. The Morgan fingerprint density at radius 2 is 2.33 bits per heavy atom. The van der Waals surface area contributed by atoms with Gasteiger partial charge in [0.15, 0.2) is 5.82 Å². The highest BCUT2D eigenvalue weighted by Crippen LogP contribution is 2.33. The summed E-state index contributed by atoms with van der Waals surface area (Å²) >= 11 is 0. The van der Waals surface area contributed by atoms with Gasteiger partial charge in [0.1, 0.15) is 0 Å². The van der Waals surface area contributed by atoms with Gasteiger partial charge in [0.25, 0.3) is 5.56 Å². The average Bonchev–Trinajstić information content (AvgIpc) is 3.23. The van der Waals surface area contributed by atoms with Crippen LogP contribution >= 0.6 is 0 Å². The van der Waals surface area contributed by atoms with Crippen LogP contribution < -0.4 is 16.2 Å². The molecule has 2 N–H and O–H groups in total. The molecule has 98 valence electrons. The molecule has 0 bridgehead atoms. The number of morpholine rings is 1. The summed E-state index contributed by atoms with van der Waals surface area (Å²) in [5, 5.41) is 0. The molecule has 2 fully saturated rings. The van der Waals surface area contributed by atoms with E-state index in [2.05, 4.69) is 4.98 Å². The summed E-state index contributed by atoms with van der Waals surface area (Å²) in [5.74, 6) is 0.517. The van der Waals surface area contributed by atoms with E-state index in [0.29, 0.717) is 38.2 Å². The summed E-state index contributed by atoms with van der Waals surface area (Å²) in [5.41, 5.74) is 5.73. The molecule has 6 nitrogen and oxygen atoms in total. The predicted octanol–water partition coefficient (Wildman–Crippen LogP) is -0.258. The molecule has 1 aromatic rings. The Morgan fingerprint density at radius 1 is 1.50 bits per heavy atom. The van der Waals surface area contributed by atoms with E-state index < -0.39 is 0 Å². The maximum absolute atomic E-state index is 12.4. The largest absolute Gasteiger partial charge is 0.377 e. The molecule has 1 unspecified atom stereocenters. The van der Waals surface area contributed by atoms with E-state index in [1.807, 2.05) is 4.90 Å². The maximum Gasteiger partial charge on any atom is 0.293 e. The highest BCUT2D eigenvalue weighted by atomic mass is 16.5. The third-order valence-corrected chi connectivity index (χ3v) is 3.56. The number of hydrogen-bond donors (Lipinski definition) is 1. The van der Waals surface area contributed by atoms with Gasteiger partial charge in [-0.15, -0.1) is 0 Å². The minimum Gasteiger partial charge on any atom is -0.377 e. The number of nitrogens with zero attached hydrogens (tertiary/aromatic N) is 3. The topological polar surface area (TPSA) is 73.4 Å². The van der Waals surface area contributed by atoms with Crippen LogP contribution in [0, 0.1) is 0 Å². The first-order chi connectivity index (χ1) is 8.81. The molecule has 6 heteroatoms. The summed E-state index contributed by atoms with van der Waals surface area (Å²) in [7, 11) is 0. The van der Waals surface area contributed by atoms with Crippen molar-refractivity contribution >= 4 is 5.82 Å². The fourth-order valence-electron chi connectivity index (χ4n) is 2.38. The summed E-state index contributed by atoms with van der Waals surface area (Å²) in [6.45, 7) is 2.34. The molecule has 0 radical (unpaired) electrons. The monoisotopic (exact) mass is 250 g/mol. The lowest BCUT2D eigenvalue weighted by Gasteiger charge is -2.35. The van der Waals surface area contributed by atoms with Crippen molar-refractivity contribution in [3.63, 3.8) is 0 Å². The van der Waals surface area contributed by atoms with Gasteiger partial charge in [-0.1, -0.05) is 0 Å². The van der Waals surface area contributed by atoms with Crippen molar-refractivity contribution in [1.82, 2.24) is 9.55 Å². The normalized spacial score (nSPS) is 24.3. The first-order valence-corrected chi connectivity index (χ1v) is 6.43. The minimum atomic E-state index is 0.000324. The van der Waals surface area contributed by atoms with E-state index in [1.165, 1.54) is 0 Å². The highest BCUT2D eigenvalue weighted by Gasteiger charge is 2.29. The van der Waals surface area contributed by atoms with E-state index >= 15 is 0 Å². The number of nitrogens with two attached hydrogens (primary N) is 1. The Hall–Kier alpha value is -1.40. The van der Waals surface area contributed by atoms with Gasteiger partial charge >= 0.3 is 0 Å². The first kappa shape index (κ1) is 11.7. The maximum atomic E-state index is 12.4. The Labute approximate surface area is 105 Å². The molecule has 1 saturated carbocycles. The van der Waals surface area contributed by atoms with Crippen molar-refractivity contribution in [3.05, 3.63) is 22.7 Å². The van der Waals surface area contributed by atoms with E-state index in [9.17, 15) is 4.79 Å². The van der Waals surface area contributed by atoms with Crippen LogP contribution in [0.5, 0.6) is 0 Å². The zero-order chi connectivity index (χ0) is 12.5. The summed E-state index contributed by atoms with van der Waals surface area (Å²) in [6, 6.07) is 0.422. The minimum absolute atomic E-state index is 0.000324. The summed E-state index contributed by atoms with van der Waals surface area (Å²) in [6.07, 6.45) is 5.67. The quantitative estimate of drug-likeness (QED) is 0.800. The van der Waals surface area contributed by atoms with Crippen LogP contribution in [0.25, 0.3) is 0 Å². The van der Waals surface area contributed by atoms with Crippen LogP contribution in [0.15, 0.2) is 17.2 Å². The third kappa shape index (κ3) is 2.02. The van der Waals surface area contributed by atoms with Crippen LogP contribution in [0.1, 0.15) is 18.9 Å².